The van der Waals surface area contributed by atoms with Crippen molar-refractivity contribution in [3.8, 4) is 16.9 Å². The molecule has 1 N–H and O–H groups in total. The molecule has 2 aromatic carbocycles. The maximum Gasteiger partial charge on any atom is 0.371 e. The molecule has 4 aromatic rings. The van der Waals surface area contributed by atoms with Crippen LogP contribution in [-0.2, 0) is 0 Å². The van der Waals surface area contributed by atoms with Crippen LogP contribution in [0.5, 0.6) is 0 Å². The largest absolute Gasteiger partial charge is 0.475 e. The number of carboxylic acid groups (broad SMARTS) is 1. The number of furan rings is 1. The van der Waals surface area contributed by atoms with E-state index in [1.165, 1.54) is 10.9 Å². The zero-order chi connectivity index (χ0) is 16.7. The van der Waals surface area contributed by atoms with Gasteiger partial charge in [0.25, 0.3) is 0 Å². The van der Waals surface area contributed by atoms with Crippen LogP contribution >= 0.6 is 12.4 Å². The summed E-state index contributed by atoms with van der Waals surface area (Å²) in [7, 11) is 0. The van der Waals surface area contributed by atoms with Crippen molar-refractivity contribution in [2.24, 2.45) is 0 Å². The van der Waals surface area contributed by atoms with Gasteiger partial charge in [-0.3, -0.25) is 0 Å². The molecule has 0 unspecified atom stereocenters. The number of aromatic nitrogens is 3. The van der Waals surface area contributed by atoms with Gasteiger partial charge in [0.15, 0.2) is 0 Å². The van der Waals surface area contributed by atoms with Gasteiger partial charge in [-0.25, -0.2) is 4.79 Å². The normalized spacial score (nSPS) is 10.6. The highest BCUT2D eigenvalue weighted by Gasteiger charge is 2.13. The number of hydrogen-bond donors (Lipinski definition) is 1. The van der Waals surface area contributed by atoms with Crippen LogP contribution < -0.4 is 0 Å². The second-order valence-electron chi connectivity index (χ2n) is 5.43. The summed E-state index contributed by atoms with van der Waals surface area (Å²) in [5, 5.41) is 18.7. The first-order valence-electron chi connectivity index (χ1n) is 7.38. The molecule has 0 bridgehead atoms. The van der Waals surface area contributed by atoms with Gasteiger partial charge in [-0.15, -0.1) is 17.5 Å². The van der Waals surface area contributed by atoms with Crippen LogP contribution in [0.25, 0.3) is 27.9 Å². The molecule has 4 rings (SSSR count). The summed E-state index contributed by atoms with van der Waals surface area (Å²) in [5.41, 5.74) is 3.81. The minimum atomic E-state index is -1.09. The molecule has 0 fully saturated rings. The van der Waals surface area contributed by atoms with Crippen molar-refractivity contribution in [2.45, 2.75) is 6.92 Å². The highest BCUT2D eigenvalue weighted by molar-refractivity contribution is 5.91. The van der Waals surface area contributed by atoms with Crippen molar-refractivity contribution < 1.29 is 14.3 Å². The first-order chi connectivity index (χ1) is 11.6. The maximum atomic E-state index is 11.0. The summed E-state index contributed by atoms with van der Waals surface area (Å²) >= 11 is 0. The molecular formula is C18H14ClN3O3. The maximum absolute atomic E-state index is 11.0. The summed E-state index contributed by atoms with van der Waals surface area (Å²) < 4.78 is 5.34. The van der Waals surface area contributed by atoms with E-state index in [0.29, 0.717) is 11.3 Å². The van der Waals surface area contributed by atoms with Crippen LogP contribution in [0.15, 0.2) is 59.0 Å². The Morgan fingerprint density at radius 1 is 1.08 bits per heavy atom. The van der Waals surface area contributed by atoms with Crippen molar-refractivity contribution in [1.29, 1.82) is 0 Å². The van der Waals surface area contributed by atoms with Crippen molar-refractivity contribution in [2.75, 3.05) is 0 Å². The predicted molar refractivity (Wildman–Crippen MR) is 95.5 cm³/mol. The molecule has 0 spiro atoms. The predicted octanol–water partition coefficient (Wildman–Crippen LogP) is 4.11. The zero-order valence-electron chi connectivity index (χ0n) is 13.2. The molecule has 0 radical (unpaired) electrons. The third-order valence-corrected chi connectivity index (χ3v) is 3.77. The smallest absolute Gasteiger partial charge is 0.371 e. The van der Waals surface area contributed by atoms with E-state index in [4.69, 9.17) is 9.52 Å². The molecule has 126 valence electrons. The van der Waals surface area contributed by atoms with Gasteiger partial charge in [0.05, 0.1) is 11.4 Å². The highest BCUT2D eigenvalue weighted by Crippen LogP contribution is 2.24. The Morgan fingerprint density at radius 2 is 1.84 bits per heavy atom. The molecule has 0 saturated heterocycles. The SMILES string of the molecule is Cc1nn(-c2ccc3cc(C(=O)O)oc3c2)nc1-c1ccccc1.Cl. The fourth-order valence-electron chi connectivity index (χ4n) is 2.61. The van der Waals surface area contributed by atoms with Gasteiger partial charge < -0.3 is 9.52 Å². The van der Waals surface area contributed by atoms with Crippen molar-refractivity contribution in [1.82, 2.24) is 15.0 Å². The van der Waals surface area contributed by atoms with Gasteiger partial charge in [-0.1, -0.05) is 30.3 Å². The lowest BCUT2D eigenvalue weighted by atomic mass is 10.1. The van der Waals surface area contributed by atoms with Gasteiger partial charge in [0.2, 0.25) is 5.76 Å². The number of rotatable bonds is 3. The van der Waals surface area contributed by atoms with Crippen LogP contribution in [0.1, 0.15) is 16.2 Å². The number of fused-ring (bicyclic) bond motifs is 1. The topological polar surface area (TPSA) is 81.2 Å². The molecule has 2 heterocycles. The fraction of sp³-hybridized carbons (Fsp3) is 0.0556. The van der Waals surface area contributed by atoms with Gasteiger partial charge in [0, 0.05) is 17.0 Å². The molecule has 2 aromatic heterocycles. The summed E-state index contributed by atoms with van der Waals surface area (Å²) in [6.07, 6.45) is 0. The monoisotopic (exact) mass is 355 g/mol. The number of hydrogen-bond acceptors (Lipinski definition) is 4. The van der Waals surface area contributed by atoms with Crippen molar-refractivity contribution in [3.05, 3.63) is 66.1 Å². The minimum absolute atomic E-state index is 0. The van der Waals surface area contributed by atoms with Gasteiger partial charge in [-0.05, 0) is 25.1 Å². The standard InChI is InChI=1S/C18H13N3O3.ClH/c1-11-17(12-5-3-2-4-6-12)20-21(19-11)14-8-7-13-9-16(18(22)23)24-15(13)10-14;/h2-10H,1H3,(H,22,23);1H. The Kier molecular flexibility index (Phi) is 4.29. The lowest BCUT2D eigenvalue weighted by Gasteiger charge is -1.99. The number of nitrogens with zero attached hydrogens (tertiary/aromatic N) is 3. The number of aromatic carboxylic acids is 1. The summed E-state index contributed by atoms with van der Waals surface area (Å²) in [6.45, 7) is 1.90. The summed E-state index contributed by atoms with van der Waals surface area (Å²) in [4.78, 5) is 12.5. The van der Waals surface area contributed by atoms with E-state index in [1.807, 2.05) is 43.3 Å². The molecular weight excluding hydrogens is 342 g/mol. The second kappa shape index (κ2) is 6.41. The van der Waals surface area contributed by atoms with E-state index >= 15 is 0 Å². The number of carboxylic acids is 1. The zero-order valence-corrected chi connectivity index (χ0v) is 14.0. The number of carbonyl (C=O) groups is 1. The summed E-state index contributed by atoms with van der Waals surface area (Å²) in [5.74, 6) is -1.18. The molecule has 7 heteroatoms. The Labute approximate surface area is 149 Å². The molecule has 6 nitrogen and oxygen atoms in total. The fourth-order valence-corrected chi connectivity index (χ4v) is 2.61. The molecule has 25 heavy (non-hydrogen) atoms. The summed E-state index contributed by atoms with van der Waals surface area (Å²) in [6, 6.07) is 16.7. The Morgan fingerprint density at radius 3 is 2.56 bits per heavy atom. The molecule has 0 aliphatic carbocycles. The van der Waals surface area contributed by atoms with E-state index in [-0.39, 0.29) is 18.2 Å². The Balaban J connectivity index is 0.00000182. The van der Waals surface area contributed by atoms with E-state index < -0.39 is 5.97 Å². The van der Waals surface area contributed by atoms with Gasteiger partial charge >= 0.3 is 5.97 Å². The van der Waals surface area contributed by atoms with E-state index in [1.54, 1.807) is 12.1 Å². The third kappa shape index (κ3) is 2.99. The Bertz CT molecular complexity index is 1050. The lowest BCUT2D eigenvalue weighted by Crippen LogP contribution is -1.98. The van der Waals surface area contributed by atoms with Gasteiger partial charge in [0.1, 0.15) is 11.3 Å². The molecule has 0 atom stereocenters. The quantitative estimate of drug-likeness (QED) is 0.598. The lowest BCUT2D eigenvalue weighted by molar-refractivity contribution is 0.0665. The minimum Gasteiger partial charge on any atom is -0.475 e. The number of benzene rings is 2. The molecule has 0 aliphatic rings. The van der Waals surface area contributed by atoms with E-state index in [9.17, 15) is 4.79 Å². The van der Waals surface area contributed by atoms with Crippen molar-refractivity contribution in [3.63, 3.8) is 0 Å². The number of halogens is 1. The second-order valence-corrected chi connectivity index (χ2v) is 5.43. The van der Waals surface area contributed by atoms with Crippen LogP contribution in [0.3, 0.4) is 0 Å². The third-order valence-electron chi connectivity index (χ3n) is 3.77. The van der Waals surface area contributed by atoms with Crippen LogP contribution in [0.4, 0.5) is 0 Å². The first-order valence-corrected chi connectivity index (χ1v) is 7.38. The first kappa shape index (κ1) is 16.7. The Hall–Kier alpha value is -3.12. The van der Waals surface area contributed by atoms with E-state index in [2.05, 4.69) is 10.2 Å². The van der Waals surface area contributed by atoms with Crippen LogP contribution in [0.2, 0.25) is 0 Å². The average Bonchev–Trinajstić information content (AvgIpc) is 3.18. The molecule has 0 saturated carbocycles. The average molecular weight is 356 g/mol. The van der Waals surface area contributed by atoms with Crippen molar-refractivity contribution >= 4 is 29.3 Å². The van der Waals surface area contributed by atoms with E-state index in [0.717, 1.165) is 22.3 Å². The van der Waals surface area contributed by atoms with Crippen LogP contribution in [0, 0.1) is 6.92 Å². The number of aryl methyl sites for hydroxylation is 1. The highest BCUT2D eigenvalue weighted by atomic mass is 35.5. The molecule has 0 aliphatic heterocycles. The molecule has 0 amide bonds. The van der Waals surface area contributed by atoms with Crippen LogP contribution in [-0.4, -0.2) is 26.1 Å². The van der Waals surface area contributed by atoms with Gasteiger partial charge in [-0.2, -0.15) is 9.90 Å².